The number of hydrogen-bond acceptors (Lipinski definition) is 6. The smallest absolute Gasteiger partial charge is 0.341 e. The number of nitrogens with one attached hydrogen (secondary N) is 2. The molecular weight excluding hydrogens is 499 g/mol. The van der Waals surface area contributed by atoms with E-state index in [1.54, 1.807) is 25.1 Å². The molecule has 2 N–H and O–H groups in total. The van der Waals surface area contributed by atoms with Crippen LogP contribution in [-0.4, -0.2) is 37.5 Å². The third-order valence-corrected chi connectivity index (χ3v) is 7.37. The van der Waals surface area contributed by atoms with Gasteiger partial charge in [0.25, 0.3) is 5.91 Å². The van der Waals surface area contributed by atoms with Crippen molar-refractivity contribution in [3.63, 3.8) is 0 Å². The van der Waals surface area contributed by atoms with Gasteiger partial charge in [0.2, 0.25) is 5.91 Å². The van der Waals surface area contributed by atoms with E-state index in [2.05, 4.69) is 10.6 Å². The van der Waals surface area contributed by atoms with Crippen molar-refractivity contribution in [3.05, 3.63) is 44.2 Å². The zero-order valence-corrected chi connectivity index (χ0v) is 21.5. The van der Waals surface area contributed by atoms with Crippen LogP contribution in [0.15, 0.2) is 18.2 Å². The fourth-order valence-electron chi connectivity index (χ4n) is 3.86. The Bertz CT molecular complexity index is 1050. The summed E-state index contributed by atoms with van der Waals surface area (Å²) in [5.74, 6) is -0.631. The maximum absolute atomic E-state index is 12.9. The maximum atomic E-state index is 12.9. The molecule has 0 aliphatic heterocycles. The van der Waals surface area contributed by atoms with Gasteiger partial charge < -0.3 is 20.1 Å². The van der Waals surface area contributed by atoms with Crippen LogP contribution in [0.2, 0.25) is 10.0 Å². The SMILES string of the molecule is COC(=O)c1c(NC(=O)CCCOc2ccc(Cl)cc2Cl)sc(C(=O)NC2CCCCC2)c1C. The minimum absolute atomic E-state index is 0.136. The molecule has 3 rings (SSSR count). The molecule has 2 amide bonds. The molecule has 1 aromatic carbocycles. The van der Waals surface area contributed by atoms with Crippen molar-refractivity contribution in [1.82, 2.24) is 5.32 Å². The van der Waals surface area contributed by atoms with Crippen LogP contribution in [0.25, 0.3) is 0 Å². The molecule has 1 saturated carbocycles. The maximum Gasteiger partial charge on any atom is 0.341 e. The van der Waals surface area contributed by atoms with Crippen LogP contribution in [-0.2, 0) is 9.53 Å². The highest BCUT2D eigenvalue weighted by Crippen LogP contribution is 2.34. The summed E-state index contributed by atoms with van der Waals surface area (Å²) in [6, 6.07) is 5.06. The molecule has 2 aromatic rings. The van der Waals surface area contributed by atoms with Crippen molar-refractivity contribution >= 4 is 57.3 Å². The topological polar surface area (TPSA) is 93.7 Å². The second-order valence-corrected chi connectivity index (χ2v) is 10.00. The van der Waals surface area contributed by atoms with Gasteiger partial charge >= 0.3 is 5.97 Å². The fraction of sp³-hybridized carbons (Fsp3) is 0.458. The van der Waals surface area contributed by atoms with Gasteiger partial charge in [-0.1, -0.05) is 42.5 Å². The van der Waals surface area contributed by atoms with Crippen LogP contribution in [0.5, 0.6) is 5.75 Å². The fourth-order valence-corrected chi connectivity index (χ4v) is 5.44. The van der Waals surface area contributed by atoms with E-state index in [4.69, 9.17) is 32.7 Å². The van der Waals surface area contributed by atoms with Crippen LogP contribution in [0.4, 0.5) is 5.00 Å². The number of anilines is 1. The third-order valence-electron chi connectivity index (χ3n) is 5.64. The Kier molecular flexibility index (Phi) is 9.62. The van der Waals surface area contributed by atoms with E-state index in [9.17, 15) is 14.4 Å². The molecule has 1 aliphatic rings. The molecule has 184 valence electrons. The van der Waals surface area contributed by atoms with Gasteiger partial charge in [-0.3, -0.25) is 9.59 Å². The lowest BCUT2D eigenvalue weighted by Crippen LogP contribution is -2.36. The highest BCUT2D eigenvalue weighted by atomic mass is 35.5. The van der Waals surface area contributed by atoms with Gasteiger partial charge in [0, 0.05) is 17.5 Å². The van der Waals surface area contributed by atoms with Crippen LogP contribution < -0.4 is 15.4 Å². The molecule has 0 saturated heterocycles. The Morgan fingerprint density at radius 2 is 1.88 bits per heavy atom. The Balaban J connectivity index is 1.61. The Labute approximate surface area is 213 Å². The summed E-state index contributed by atoms with van der Waals surface area (Å²) in [6.07, 6.45) is 5.86. The van der Waals surface area contributed by atoms with Crippen molar-refractivity contribution in [3.8, 4) is 5.75 Å². The quantitative estimate of drug-likeness (QED) is 0.308. The molecule has 1 fully saturated rings. The lowest BCUT2D eigenvalue weighted by atomic mass is 9.95. The van der Waals surface area contributed by atoms with E-state index >= 15 is 0 Å². The molecular formula is C24H28Cl2N2O5S. The van der Waals surface area contributed by atoms with Gasteiger partial charge in [-0.05, 0) is 49.9 Å². The molecule has 0 spiro atoms. The van der Waals surface area contributed by atoms with Crippen molar-refractivity contribution in [2.45, 2.75) is 57.9 Å². The average Bonchev–Trinajstić information content (AvgIpc) is 3.13. The van der Waals surface area contributed by atoms with Crippen molar-refractivity contribution in [2.75, 3.05) is 19.0 Å². The zero-order valence-electron chi connectivity index (χ0n) is 19.2. The van der Waals surface area contributed by atoms with Gasteiger partial charge in [-0.25, -0.2) is 4.79 Å². The zero-order chi connectivity index (χ0) is 24.7. The van der Waals surface area contributed by atoms with Gasteiger partial charge in [0.1, 0.15) is 10.8 Å². The number of benzene rings is 1. The monoisotopic (exact) mass is 526 g/mol. The summed E-state index contributed by atoms with van der Waals surface area (Å²) in [5.41, 5.74) is 0.708. The summed E-state index contributed by atoms with van der Waals surface area (Å²) in [7, 11) is 1.27. The van der Waals surface area contributed by atoms with Gasteiger partial charge in [0.15, 0.2) is 0 Å². The standard InChI is InChI=1S/C24H28Cl2N2O5S/c1-14-20(24(31)32-2)23(34-21(14)22(30)27-16-7-4-3-5-8-16)28-19(29)9-6-12-33-18-11-10-15(25)13-17(18)26/h10-11,13,16H,3-9,12H2,1-2H3,(H,27,30)(H,28,29). The first-order valence-electron chi connectivity index (χ1n) is 11.2. The predicted octanol–water partition coefficient (Wildman–Crippen LogP) is 6.01. The van der Waals surface area contributed by atoms with Gasteiger partial charge in [0.05, 0.1) is 29.2 Å². The number of ether oxygens (including phenoxy) is 2. The minimum Gasteiger partial charge on any atom is -0.492 e. The molecule has 1 heterocycles. The van der Waals surface area contributed by atoms with Crippen LogP contribution >= 0.6 is 34.5 Å². The number of amides is 2. The highest BCUT2D eigenvalue weighted by molar-refractivity contribution is 7.18. The highest BCUT2D eigenvalue weighted by Gasteiger charge is 2.27. The summed E-state index contributed by atoms with van der Waals surface area (Å²) in [4.78, 5) is 38.2. The van der Waals surface area contributed by atoms with E-state index in [0.29, 0.717) is 37.7 Å². The largest absolute Gasteiger partial charge is 0.492 e. The van der Waals surface area contributed by atoms with Crippen molar-refractivity contribution < 1.29 is 23.9 Å². The number of rotatable bonds is 9. The van der Waals surface area contributed by atoms with Crippen LogP contribution in [0, 0.1) is 6.92 Å². The first kappa shape index (κ1) is 26.3. The Morgan fingerprint density at radius 1 is 1.15 bits per heavy atom. The van der Waals surface area contributed by atoms with E-state index < -0.39 is 5.97 Å². The number of hydrogen-bond donors (Lipinski definition) is 2. The Hall–Kier alpha value is -2.29. The number of carbonyl (C=O) groups is 3. The van der Waals surface area contributed by atoms with E-state index in [1.807, 2.05) is 0 Å². The van der Waals surface area contributed by atoms with Crippen LogP contribution in [0.3, 0.4) is 0 Å². The minimum atomic E-state index is -0.596. The number of methoxy groups -OCH3 is 1. The van der Waals surface area contributed by atoms with E-state index in [1.165, 1.54) is 13.5 Å². The summed E-state index contributed by atoms with van der Waals surface area (Å²) in [6.45, 7) is 1.97. The van der Waals surface area contributed by atoms with Gasteiger partial charge in [-0.2, -0.15) is 0 Å². The van der Waals surface area contributed by atoms with E-state index in [-0.39, 0.29) is 36.4 Å². The predicted molar refractivity (Wildman–Crippen MR) is 135 cm³/mol. The number of thiophene rings is 1. The number of halogens is 2. The molecule has 10 heteroatoms. The lowest BCUT2D eigenvalue weighted by molar-refractivity contribution is -0.116. The Morgan fingerprint density at radius 3 is 2.56 bits per heavy atom. The molecule has 7 nitrogen and oxygen atoms in total. The second-order valence-electron chi connectivity index (χ2n) is 8.14. The second kappa shape index (κ2) is 12.4. The number of esters is 1. The summed E-state index contributed by atoms with van der Waals surface area (Å²) >= 11 is 13.0. The molecule has 34 heavy (non-hydrogen) atoms. The molecule has 0 bridgehead atoms. The lowest BCUT2D eigenvalue weighted by Gasteiger charge is -2.22. The molecule has 0 unspecified atom stereocenters. The molecule has 1 aromatic heterocycles. The van der Waals surface area contributed by atoms with Crippen molar-refractivity contribution in [2.24, 2.45) is 0 Å². The average molecular weight is 527 g/mol. The van der Waals surface area contributed by atoms with Crippen LogP contribution in [0.1, 0.15) is 70.5 Å². The van der Waals surface area contributed by atoms with Crippen molar-refractivity contribution in [1.29, 1.82) is 0 Å². The van der Waals surface area contributed by atoms with Gasteiger partial charge in [-0.15, -0.1) is 11.3 Å². The summed E-state index contributed by atoms with van der Waals surface area (Å²) in [5, 5.41) is 7.04. The summed E-state index contributed by atoms with van der Waals surface area (Å²) < 4.78 is 10.5. The molecule has 0 radical (unpaired) electrons. The molecule has 0 atom stereocenters. The number of carbonyl (C=O) groups excluding carboxylic acids is 3. The first-order chi connectivity index (χ1) is 16.3. The third kappa shape index (κ3) is 6.87. The molecule has 1 aliphatic carbocycles. The van der Waals surface area contributed by atoms with E-state index in [0.717, 1.165) is 37.0 Å². The first-order valence-corrected chi connectivity index (χ1v) is 12.8. The normalized spacial score (nSPS) is 13.9.